The number of nitrogens with one attached hydrogen (secondary N) is 2. The van der Waals surface area contributed by atoms with E-state index >= 15 is 0 Å². The van der Waals surface area contributed by atoms with Crippen LogP contribution < -0.4 is 15.8 Å². The number of ether oxygens (including phenoxy) is 1. The van der Waals surface area contributed by atoms with Gasteiger partial charge in [0.15, 0.2) is 0 Å². The highest BCUT2D eigenvalue weighted by Crippen LogP contribution is 2.30. The Bertz CT molecular complexity index is 1370. The molecule has 5 rings (SSSR count). The van der Waals surface area contributed by atoms with Crippen LogP contribution in [0.15, 0.2) is 59.7 Å². The number of fused-ring (bicyclic) bond motifs is 1. The number of aromatic amines is 1. The molecule has 0 saturated carbocycles. The zero-order valence-corrected chi connectivity index (χ0v) is 17.8. The number of H-pyrrole nitrogens is 1. The number of hydrogen-bond donors (Lipinski definition) is 2. The first-order valence-corrected chi connectivity index (χ1v) is 10.6. The lowest BCUT2D eigenvalue weighted by Gasteiger charge is -2.33. The van der Waals surface area contributed by atoms with Crippen molar-refractivity contribution in [3.05, 3.63) is 77.0 Å². The van der Waals surface area contributed by atoms with Crippen molar-refractivity contribution < 1.29 is 13.5 Å². The van der Waals surface area contributed by atoms with E-state index in [1.165, 1.54) is 18.3 Å². The van der Waals surface area contributed by atoms with E-state index in [1.54, 1.807) is 36.5 Å². The maximum absolute atomic E-state index is 15.0. The van der Waals surface area contributed by atoms with E-state index in [1.807, 2.05) is 11.8 Å². The van der Waals surface area contributed by atoms with Crippen LogP contribution in [0, 0.1) is 11.8 Å². The van der Waals surface area contributed by atoms with Gasteiger partial charge in [-0.3, -0.25) is 4.79 Å². The summed E-state index contributed by atoms with van der Waals surface area (Å²) >= 11 is 0. The molecule has 0 bridgehead atoms. The third-order valence-electron chi connectivity index (χ3n) is 5.57. The van der Waals surface area contributed by atoms with E-state index < -0.39 is 5.95 Å². The fraction of sp³-hybridized carbons (Fsp3) is 0.208. The number of anilines is 3. The molecule has 7 nitrogen and oxygen atoms in total. The van der Waals surface area contributed by atoms with Gasteiger partial charge in [-0.2, -0.15) is 4.39 Å². The summed E-state index contributed by atoms with van der Waals surface area (Å²) in [5, 5.41) is 4.05. The van der Waals surface area contributed by atoms with Crippen LogP contribution in [0.25, 0.3) is 22.0 Å². The standard InChI is InChI=1S/C24H21F2N5O2/c1-14-13-31(8-9-33-14)20-4-3-17(11-18(20)25)29-23-22-15(6-7-27-24(22)32)10-19(30-23)16-2-5-21(26)28-12-16/h2-7,10-12,14H,8-9,13H2,1H3,(H,27,32)(H,29,30)/t14-/m1/s1. The average Bonchev–Trinajstić information content (AvgIpc) is 2.79. The third-order valence-corrected chi connectivity index (χ3v) is 5.57. The summed E-state index contributed by atoms with van der Waals surface area (Å²) in [6.45, 7) is 3.73. The lowest BCUT2D eigenvalue weighted by atomic mass is 10.1. The van der Waals surface area contributed by atoms with E-state index in [2.05, 4.69) is 20.3 Å². The second kappa shape index (κ2) is 8.59. The number of benzene rings is 1. The number of hydrogen-bond acceptors (Lipinski definition) is 6. The van der Waals surface area contributed by atoms with Crippen molar-refractivity contribution in [2.75, 3.05) is 29.9 Å². The molecule has 4 aromatic rings. The van der Waals surface area contributed by atoms with Crippen LogP contribution in [0.4, 0.5) is 26.0 Å². The Labute approximate surface area is 188 Å². The van der Waals surface area contributed by atoms with Crippen LogP contribution in [0.2, 0.25) is 0 Å². The maximum Gasteiger partial charge on any atom is 0.259 e. The Kier molecular flexibility index (Phi) is 5.47. The van der Waals surface area contributed by atoms with E-state index in [0.717, 1.165) is 0 Å². The first-order valence-electron chi connectivity index (χ1n) is 10.6. The number of aromatic nitrogens is 3. The number of morpholine rings is 1. The minimum Gasteiger partial charge on any atom is -0.375 e. The Morgan fingerprint density at radius 3 is 2.82 bits per heavy atom. The molecule has 4 heterocycles. The topological polar surface area (TPSA) is 83.1 Å². The van der Waals surface area contributed by atoms with Gasteiger partial charge in [0, 0.05) is 36.7 Å². The van der Waals surface area contributed by atoms with E-state index in [-0.39, 0.29) is 23.3 Å². The first kappa shape index (κ1) is 21.0. The normalized spacial score (nSPS) is 16.2. The van der Waals surface area contributed by atoms with Gasteiger partial charge >= 0.3 is 0 Å². The highest BCUT2D eigenvalue weighted by molar-refractivity contribution is 5.95. The molecule has 1 aliphatic heterocycles. The van der Waals surface area contributed by atoms with Crippen LogP contribution in [0.1, 0.15) is 6.92 Å². The van der Waals surface area contributed by atoms with Crippen LogP contribution in [0.5, 0.6) is 0 Å². The monoisotopic (exact) mass is 449 g/mol. The highest BCUT2D eigenvalue weighted by atomic mass is 19.1. The van der Waals surface area contributed by atoms with Crippen molar-refractivity contribution >= 4 is 28.0 Å². The van der Waals surface area contributed by atoms with Crippen molar-refractivity contribution in [3.63, 3.8) is 0 Å². The Balaban J connectivity index is 1.53. The molecule has 0 aliphatic carbocycles. The molecule has 0 unspecified atom stereocenters. The largest absolute Gasteiger partial charge is 0.375 e. The van der Waals surface area contributed by atoms with Gasteiger partial charge < -0.3 is 19.9 Å². The van der Waals surface area contributed by atoms with Gasteiger partial charge in [0.25, 0.3) is 5.56 Å². The minimum absolute atomic E-state index is 0.0296. The summed E-state index contributed by atoms with van der Waals surface area (Å²) in [5.74, 6) is -0.716. The summed E-state index contributed by atoms with van der Waals surface area (Å²) in [7, 11) is 0. The molecule has 2 N–H and O–H groups in total. The van der Waals surface area contributed by atoms with Crippen LogP contribution in [-0.4, -0.2) is 40.8 Å². The summed E-state index contributed by atoms with van der Waals surface area (Å²) in [5.41, 5.74) is 1.71. The summed E-state index contributed by atoms with van der Waals surface area (Å²) < 4.78 is 33.8. The zero-order chi connectivity index (χ0) is 22.9. The number of halogens is 2. The smallest absolute Gasteiger partial charge is 0.259 e. The number of rotatable bonds is 4. The fourth-order valence-electron chi connectivity index (χ4n) is 3.99. The lowest BCUT2D eigenvalue weighted by molar-refractivity contribution is 0.0530. The molecular weight excluding hydrogens is 428 g/mol. The van der Waals surface area contributed by atoms with Crippen molar-refractivity contribution in [1.29, 1.82) is 0 Å². The molecule has 0 amide bonds. The molecular formula is C24H21F2N5O2. The van der Waals surface area contributed by atoms with E-state index in [0.29, 0.717) is 53.1 Å². The molecule has 33 heavy (non-hydrogen) atoms. The van der Waals surface area contributed by atoms with E-state index in [4.69, 9.17) is 4.74 Å². The van der Waals surface area contributed by atoms with Gasteiger partial charge in [0.1, 0.15) is 11.6 Å². The fourth-order valence-corrected chi connectivity index (χ4v) is 3.99. The minimum atomic E-state index is -0.598. The summed E-state index contributed by atoms with van der Waals surface area (Å²) in [6.07, 6.45) is 2.94. The first-order chi connectivity index (χ1) is 16.0. The maximum atomic E-state index is 15.0. The predicted molar refractivity (Wildman–Crippen MR) is 123 cm³/mol. The molecule has 168 valence electrons. The van der Waals surface area contributed by atoms with Gasteiger partial charge in [-0.25, -0.2) is 14.4 Å². The molecule has 1 aromatic carbocycles. The van der Waals surface area contributed by atoms with Crippen LogP contribution >= 0.6 is 0 Å². The van der Waals surface area contributed by atoms with Crippen LogP contribution in [0.3, 0.4) is 0 Å². The van der Waals surface area contributed by atoms with Gasteiger partial charge in [-0.1, -0.05) is 0 Å². The molecule has 1 atom stereocenters. The van der Waals surface area contributed by atoms with Gasteiger partial charge in [-0.05, 0) is 54.8 Å². The summed E-state index contributed by atoms with van der Waals surface area (Å²) in [6, 6.07) is 11.1. The highest BCUT2D eigenvalue weighted by Gasteiger charge is 2.20. The molecule has 1 aliphatic rings. The average molecular weight is 449 g/mol. The molecule has 3 aromatic heterocycles. The van der Waals surface area contributed by atoms with Gasteiger partial charge in [-0.15, -0.1) is 0 Å². The second-order valence-corrected chi connectivity index (χ2v) is 7.92. The molecule has 9 heteroatoms. The van der Waals surface area contributed by atoms with E-state index in [9.17, 15) is 13.6 Å². The molecule has 0 spiro atoms. The second-order valence-electron chi connectivity index (χ2n) is 7.92. The van der Waals surface area contributed by atoms with Crippen molar-refractivity contribution in [1.82, 2.24) is 15.0 Å². The third kappa shape index (κ3) is 4.27. The zero-order valence-electron chi connectivity index (χ0n) is 17.8. The molecule has 1 saturated heterocycles. The Hall–Kier alpha value is -3.85. The van der Waals surface area contributed by atoms with Crippen LogP contribution in [-0.2, 0) is 4.74 Å². The number of pyridine rings is 3. The summed E-state index contributed by atoms with van der Waals surface area (Å²) in [4.78, 5) is 25.4. The molecule has 0 radical (unpaired) electrons. The Morgan fingerprint density at radius 1 is 1.18 bits per heavy atom. The predicted octanol–water partition coefficient (Wildman–Crippen LogP) is 4.23. The van der Waals surface area contributed by atoms with Crippen molar-refractivity contribution in [2.45, 2.75) is 13.0 Å². The Morgan fingerprint density at radius 2 is 2.06 bits per heavy atom. The lowest BCUT2D eigenvalue weighted by Crippen LogP contribution is -2.41. The van der Waals surface area contributed by atoms with Crippen molar-refractivity contribution in [2.24, 2.45) is 0 Å². The van der Waals surface area contributed by atoms with Crippen molar-refractivity contribution in [3.8, 4) is 11.3 Å². The SMILES string of the molecule is C[C@@H]1CN(c2ccc(Nc3nc(-c4ccc(F)nc4)cc4cc[nH]c(=O)c34)cc2F)CCO1. The quantitative estimate of drug-likeness (QED) is 0.454. The molecule has 1 fully saturated rings. The van der Waals surface area contributed by atoms with Gasteiger partial charge in [0.2, 0.25) is 5.95 Å². The van der Waals surface area contributed by atoms with Gasteiger partial charge in [0.05, 0.1) is 29.5 Å². The number of nitrogens with zero attached hydrogens (tertiary/aromatic N) is 3.